The molecule has 284 valence electrons. The van der Waals surface area contributed by atoms with Crippen LogP contribution in [0, 0.1) is 46.3 Å². The fraction of sp³-hybridized carbons (Fsp3) is 0.644. The minimum Gasteiger partial charge on any atom is -0.393 e. The smallest absolute Gasteiger partial charge is 0.171 e. The Hall–Kier alpha value is -1.31. The summed E-state index contributed by atoms with van der Waals surface area (Å²) in [6.07, 6.45) is 17.0. The zero-order chi connectivity index (χ0) is 35.7. The molecule has 3 saturated carbocycles. The van der Waals surface area contributed by atoms with Crippen LogP contribution in [-0.4, -0.2) is 55.2 Å². The first kappa shape index (κ1) is 38.9. The van der Waals surface area contributed by atoms with Crippen molar-refractivity contribution >= 4 is 41.3 Å². The molecule has 9 rings (SSSR count). The highest BCUT2D eigenvalue weighted by Crippen LogP contribution is 2.70. The summed E-state index contributed by atoms with van der Waals surface area (Å²) < 4.78 is 13.3. The average molecular weight is 767 g/mol. The normalized spacial score (nSPS) is 40.6. The highest BCUT2D eigenvalue weighted by Gasteiger charge is 2.67. The van der Waals surface area contributed by atoms with Crippen LogP contribution in [0.4, 0.5) is 0 Å². The van der Waals surface area contributed by atoms with Crippen molar-refractivity contribution in [3.8, 4) is 0 Å². The maximum absolute atomic E-state index is 10.3. The Morgan fingerprint density at radius 2 is 1.77 bits per heavy atom. The van der Waals surface area contributed by atoms with E-state index in [0.29, 0.717) is 40.6 Å². The lowest BCUT2D eigenvalue weighted by Gasteiger charge is -2.57. The predicted octanol–water partition coefficient (Wildman–Crippen LogP) is 11.3. The van der Waals surface area contributed by atoms with Crippen molar-refractivity contribution in [3.05, 3.63) is 76.3 Å². The van der Waals surface area contributed by atoms with Crippen LogP contribution in [0.15, 0.2) is 70.0 Å². The van der Waals surface area contributed by atoms with Crippen LogP contribution >= 0.6 is 35.8 Å². The van der Waals surface area contributed by atoms with E-state index >= 15 is 0 Å². The molecule has 0 bridgehead atoms. The number of benzene rings is 2. The van der Waals surface area contributed by atoms with Gasteiger partial charge in [-0.25, -0.2) is 0 Å². The number of nitrogens with zero attached hydrogens (tertiary/aromatic N) is 1. The number of fused-ring (bicyclic) bond motifs is 9. The van der Waals surface area contributed by atoms with Gasteiger partial charge in [0.25, 0.3) is 0 Å². The number of ether oxygens (including phenoxy) is 2. The van der Waals surface area contributed by atoms with Crippen molar-refractivity contribution in [2.24, 2.45) is 46.3 Å². The Kier molecular flexibility index (Phi) is 11.2. The Bertz CT molecular complexity index is 1680. The Balaban J connectivity index is 0.000000169. The number of aliphatic hydroxyl groups excluding tert-OH is 1. The topological polar surface area (TPSA) is 41.9 Å². The van der Waals surface area contributed by atoms with Gasteiger partial charge in [0.1, 0.15) is 0 Å². The SMILES string of the molecule is CC1CCC2(OC1)OC1CC3C4CCC5CC(O)CCC5(C)C4=CCC3(C)C1C2C.CN(C)CCC=C1c2ccccc2Sc2ccc(Cl)cc21.Cl. The van der Waals surface area contributed by atoms with Crippen LogP contribution in [0.2, 0.25) is 5.02 Å². The van der Waals surface area contributed by atoms with E-state index in [-0.39, 0.29) is 24.3 Å². The van der Waals surface area contributed by atoms with Gasteiger partial charge in [-0.05, 0) is 153 Å². The van der Waals surface area contributed by atoms with E-state index < -0.39 is 0 Å². The van der Waals surface area contributed by atoms with Gasteiger partial charge in [0.15, 0.2) is 5.79 Å². The third-order valence-corrected chi connectivity index (χ3v) is 16.2. The standard InChI is InChI=1S/C27H42O3.C18H18ClNS.ClH/c1-16-7-12-27(29-15-16)17(2)24-23(30-27)14-22-20-6-5-18-13-19(28)8-10-25(18,3)21(20)9-11-26(22,24)4;1-20(2)11-5-7-14-15-6-3-4-8-17(15)21-18-10-9-13(19)12-16(14)18;/h9,16-20,22-24,28H,5-8,10-15H2,1-4H3;3-4,6-10,12H,5,11H2,1-2H3;1H. The van der Waals surface area contributed by atoms with Crippen LogP contribution in [0.1, 0.15) is 103 Å². The quantitative estimate of drug-likeness (QED) is 0.269. The minimum absolute atomic E-state index is 0. The summed E-state index contributed by atoms with van der Waals surface area (Å²) in [5.41, 5.74) is 6.34. The van der Waals surface area contributed by atoms with E-state index in [1.54, 1.807) is 5.57 Å². The summed E-state index contributed by atoms with van der Waals surface area (Å²) >= 11 is 8.03. The molecule has 0 amide bonds. The molecule has 2 aromatic rings. The summed E-state index contributed by atoms with van der Waals surface area (Å²) in [4.78, 5) is 4.82. The summed E-state index contributed by atoms with van der Waals surface area (Å²) in [7, 11) is 4.21. The van der Waals surface area contributed by atoms with E-state index in [0.717, 1.165) is 55.7 Å². The molecule has 11 unspecified atom stereocenters. The molecule has 1 N–H and O–H groups in total. The van der Waals surface area contributed by atoms with Gasteiger partial charge >= 0.3 is 0 Å². The predicted molar refractivity (Wildman–Crippen MR) is 217 cm³/mol. The van der Waals surface area contributed by atoms with Gasteiger partial charge in [-0.1, -0.05) is 87.0 Å². The lowest BCUT2D eigenvalue weighted by molar-refractivity contribution is -0.272. The van der Waals surface area contributed by atoms with E-state index in [4.69, 9.17) is 21.1 Å². The molecule has 0 radical (unpaired) electrons. The van der Waals surface area contributed by atoms with Gasteiger partial charge < -0.3 is 19.5 Å². The number of halogens is 2. The maximum Gasteiger partial charge on any atom is 0.171 e. The van der Waals surface area contributed by atoms with Crippen LogP contribution < -0.4 is 0 Å². The molecule has 2 saturated heterocycles. The van der Waals surface area contributed by atoms with E-state index in [1.165, 1.54) is 65.0 Å². The molecular weight excluding hydrogens is 705 g/mol. The summed E-state index contributed by atoms with van der Waals surface area (Å²) in [6, 6.07) is 14.8. The van der Waals surface area contributed by atoms with Gasteiger partial charge in [-0.15, -0.1) is 12.4 Å². The molecule has 7 aliphatic rings. The molecule has 5 fully saturated rings. The monoisotopic (exact) mass is 765 g/mol. The molecule has 3 heterocycles. The van der Waals surface area contributed by atoms with Crippen LogP contribution in [0.25, 0.3) is 5.57 Å². The van der Waals surface area contributed by atoms with E-state index in [2.05, 4.69) is 95.2 Å². The summed E-state index contributed by atoms with van der Waals surface area (Å²) in [5.74, 6) is 3.68. The van der Waals surface area contributed by atoms with Crippen LogP contribution in [-0.2, 0) is 9.47 Å². The first-order valence-corrected chi connectivity index (χ1v) is 21.2. The molecule has 1 spiro atoms. The molecule has 7 heteroatoms. The van der Waals surface area contributed by atoms with E-state index in [1.807, 2.05) is 17.8 Å². The van der Waals surface area contributed by atoms with Crippen molar-refractivity contribution in [1.29, 1.82) is 0 Å². The molecule has 3 aliphatic heterocycles. The lowest BCUT2D eigenvalue weighted by Crippen LogP contribution is -2.50. The number of allylic oxidation sites excluding steroid dienone is 2. The van der Waals surface area contributed by atoms with Crippen LogP contribution in [0.5, 0.6) is 0 Å². The van der Waals surface area contributed by atoms with E-state index in [9.17, 15) is 5.11 Å². The molecule has 0 aromatic heterocycles. The van der Waals surface area contributed by atoms with Crippen molar-refractivity contribution in [2.45, 2.75) is 120 Å². The second kappa shape index (κ2) is 15.0. The second-order valence-corrected chi connectivity index (χ2v) is 19.6. The first-order chi connectivity index (χ1) is 24.4. The van der Waals surface area contributed by atoms with Crippen molar-refractivity contribution in [1.82, 2.24) is 4.90 Å². The molecule has 52 heavy (non-hydrogen) atoms. The first-order valence-electron chi connectivity index (χ1n) is 20.0. The minimum atomic E-state index is -0.303. The van der Waals surface area contributed by atoms with Gasteiger partial charge in [0.2, 0.25) is 0 Å². The third kappa shape index (κ3) is 6.69. The Labute approximate surface area is 328 Å². The molecular formula is C45H61Cl2NO3S. The fourth-order valence-electron chi connectivity index (χ4n) is 12.1. The molecule has 11 atom stereocenters. The number of hydrogen-bond donors (Lipinski definition) is 1. The van der Waals surface area contributed by atoms with Crippen molar-refractivity contribution in [2.75, 3.05) is 27.2 Å². The Morgan fingerprint density at radius 3 is 2.54 bits per heavy atom. The van der Waals surface area contributed by atoms with Crippen LogP contribution in [0.3, 0.4) is 0 Å². The van der Waals surface area contributed by atoms with Gasteiger partial charge in [-0.3, -0.25) is 0 Å². The molecule has 4 nitrogen and oxygen atoms in total. The van der Waals surface area contributed by atoms with Gasteiger partial charge in [0.05, 0.1) is 18.8 Å². The average Bonchev–Trinajstić information content (AvgIpc) is 3.55. The van der Waals surface area contributed by atoms with Crippen molar-refractivity contribution in [3.63, 3.8) is 0 Å². The zero-order valence-corrected chi connectivity index (χ0v) is 34.6. The zero-order valence-electron chi connectivity index (χ0n) is 32.2. The molecule has 2 aromatic carbocycles. The highest BCUT2D eigenvalue weighted by molar-refractivity contribution is 7.99. The highest BCUT2D eigenvalue weighted by atomic mass is 35.5. The number of hydrogen-bond acceptors (Lipinski definition) is 5. The largest absolute Gasteiger partial charge is 0.393 e. The second-order valence-electron chi connectivity index (χ2n) is 18.1. The lowest BCUT2D eigenvalue weighted by atomic mass is 9.48. The number of rotatable bonds is 3. The maximum atomic E-state index is 10.3. The van der Waals surface area contributed by atoms with Gasteiger partial charge in [-0.2, -0.15) is 0 Å². The summed E-state index contributed by atoms with van der Waals surface area (Å²) in [6.45, 7) is 11.8. The van der Waals surface area contributed by atoms with Crippen molar-refractivity contribution < 1.29 is 14.6 Å². The third-order valence-electron chi connectivity index (χ3n) is 14.8. The fourth-order valence-corrected chi connectivity index (χ4v) is 13.3. The summed E-state index contributed by atoms with van der Waals surface area (Å²) in [5, 5.41) is 11.1. The molecule has 4 aliphatic carbocycles. The Morgan fingerprint density at radius 1 is 0.981 bits per heavy atom. The number of aliphatic hydroxyl groups is 1. The van der Waals surface area contributed by atoms with Gasteiger partial charge in [0, 0.05) is 33.7 Å².